The molecule has 1 heterocycles. The van der Waals surface area contributed by atoms with Gasteiger partial charge >= 0.3 is 5.97 Å². The molecule has 0 aliphatic heterocycles. The number of imidazole rings is 1. The maximum atomic E-state index is 10.9. The van der Waals surface area contributed by atoms with E-state index in [4.69, 9.17) is 5.11 Å². The summed E-state index contributed by atoms with van der Waals surface area (Å²) in [5.74, 6) is -1.02. The summed E-state index contributed by atoms with van der Waals surface area (Å²) in [4.78, 5) is 15.1. The molecular weight excluding hydrogens is 220 g/mol. The Hall–Kier alpha value is -1.88. The van der Waals surface area contributed by atoms with Crippen molar-refractivity contribution in [1.82, 2.24) is 9.55 Å². The van der Waals surface area contributed by atoms with Crippen molar-refractivity contribution in [2.24, 2.45) is 0 Å². The number of carbonyl (C=O) groups is 1. The van der Waals surface area contributed by atoms with Crippen molar-refractivity contribution in [1.29, 1.82) is 0 Å². The fourth-order valence-electron chi connectivity index (χ4n) is 2.08. The van der Waals surface area contributed by atoms with E-state index in [9.17, 15) is 9.90 Å². The van der Waals surface area contributed by atoms with Crippen molar-refractivity contribution in [3.63, 3.8) is 0 Å². The van der Waals surface area contributed by atoms with Gasteiger partial charge in [0.1, 0.15) is 0 Å². The van der Waals surface area contributed by atoms with Gasteiger partial charge in [0.15, 0.2) is 5.82 Å². The summed E-state index contributed by atoms with van der Waals surface area (Å²) in [5, 5.41) is 18.6. The van der Waals surface area contributed by atoms with Gasteiger partial charge in [-0.2, -0.15) is 0 Å². The second-order valence-electron chi connectivity index (χ2n) is 4.30. The zero-order valence-corrected chi connectivity index (χ0v) is 9.08. The highest BCUT2D eigenvalue weighted by Crippen LogP contribution is 2.39. The van der Waals surface area contributed by atoms with Crippen LogP contribution in [0.3, 0.4) is 0 Å². The van der Waals surface area contributed by atoms with E-state index in [1.165, 1.54) is 0 Å². The van der Waals surface area contributed by atoms with E-state index >= 15 is 0 Å². The highest BCUT2D eigenvalue weighted by Gasteiger charge is 2.32. The SMILES string of the molecule is O=C(O)[C@@H](O)c1nc2ccccc2n1C1CC1. The number of aliphatic hydroxyl groups is 1. The molecule has 88 valence electrons. The average molecular weight is 232 g/mol. The number of aliphatic carboxylic acids is 1. The molecule has 2 aromatic rings. The van der Waals surface area contributed by atoms with Crippen molar-refractivity contribution in [3.8, 4) is 0 Å². The van der Waals surface area contributed by atoms with Crippen LogP contribution in [0.5, 0.6) is 0 Å². The standard InChI is InChI=1S/C12H12N2O3/c15-10(12(16)17)11-13-8-3-1-2-4-9(8)14(11)7-5-6-7/h1-4,7,10,15H,5-6H2,(H,16,17)/t10-/m0/s1. The highest BCUT2D eigenvalue weighted by molar-refractivity contribution is 5.79. The Bertz CT molecular complexity index is 586. The second kappa shape index (κ2) is 3.56. The second-order valence-corrected chi connectivity index (χ2v) is 4.30. The summed E-state index contributed by atoms with van der Waals surface area (Å²) in [6.45, 7) is 0. The predicted molar refractivity (Wildman–Crippen MR) is 60.6 cm³/mol. The summed E-state index contributed by atoms with van der Waals surface area (Å²) in [7, 11) is 0. The molecule has 0 unspecified atom stereocenters. The molecular formula is C12H12N2O3. The monoisotopic (exact) mass is 232 g/mol. The number of rotatable bonds is 3. The Balaban J connectivity index is 2.22. The lowest BCUT2D eigenvalue weighted by molar-refractivity contribution is -0.147. The number of benzene rings is 1. The molecule has 5 nitrogen and oxygen atoms in total. The molecule has 1 saturated carbocycles. The fourth-order valence-corrected chi connectivity index (χ4v) is 2.08. The van der Waals surface area contributed by atoms with Gasteiger partial charge in [-0.05, 0) is 25.0 Å². The first-order valence-corrected chi connectivity index (χ1v) is 5.56. The largest absolute Gasteiger partial charge is 0.479 e. The zero-order chi connectivity index (χ0) is 12.0. The molecule has 5 heteroatoms. The molecule has 0 saturated heterocycles. The molecule has 0 radical (unpaired) electrons. The molecule has 1 fully saturated rings. The number of para-hydroxylation sites is 2. The lowest BCUT2D eigenvalue weighted by Crippen LogP contribution is -2.16. The molecule has 1 aromatic carbocycles. The smallest absolute Gasteiger partial charge is 0.340 e. The number of nitrogens with zero attached hydrogens (tertiary/aromatic N) is 2. The number of aliphatic hydroxyl groups excluding tert-OH is 1. The third kappa shape index (κ3) is 1.59. The van der Waals surface area contributed by atoms with E-state index in [1.807, 2.05) is 28.8 Å². The number of fused-ring (bicyclic) bond motifs is 1. The summed E-state index contributed by atoms with van der Waals surface area (Å²) in [6, 6.07) is 7.75. The normalized spacial score (nSPS) is 17.2. The van der Waals surface area contributed by atoms with Crippen LogP contribution in [0.1, 0.15) is 30.8 Å². The molecule has 3 rings (SSSR count). The topological polar surface area (TPSA) is 75.3 Å². The van der Waals surface area contributed by atoms with Gasteiger partial charge in [0.25, 0.3) is 0 Å². The van der Waals surface area contributed by atoms with Crippen molar-refractivity contribution in [3.05, 3.63) is 30.1 Å². The summed E-state index contributed by atoms with van der Waals surface area (Å²) in [6.07, 6.45) is 0.474. The van der Waals surface area contributed by atoms with Crippen LogP contribution >= 0.6 is 0 Å². The Morgan fingerprint density at radius 1 is 1.41 bits per heavy atom. The quantitative estimate of drug-likeness (QED) is 0.840. The zero-order valence-electron chi connectivity index (χ0n) is 9.08. The van der Waals surface area contributed by atoms with Crippen LogP contribution in [0.2, 0.25) is 0 Å². The summed E-state index contributed by atoms with van der Waals surface area (Å²) >= 11 is 0. The molecule has 1 atom stereocenters. The molecule has 0 bridgehead atoms. The van der Waals surface area contributed by atoms with Crippen LogP contribution in [-0.2, 0) is 4.79 Å². The van der Waals surface area contributed by atoms with Crippen LogP contribution in [0.4, 0.5) is 0 Å². The third-order valence-corrected chi connectivity index (χ3v) is 3.01. The van der Waals surface area contributed by atoms with Crippen LogP contribution in [-0.4, -0.2) is 25.7 Å². The van der Waals surface area contributed by atoms with E-state index in [2.05, 4.69) is 4.98 Å². The van der Waals surface area contributed by atoms with Crippen LogP contribution in [0, 0.1) is 0 Å². The van der Waals surface area contributed by atoms with Gasteiger partial charge in [0.05, 0.1) is 11.0 Å². The first-order valence-electron chi connectivity index (χ1n) is 5.56. The first-order chi connectivity index (χ1) is 8.18. The number of carboxylic acid groups (broad SMARTS) is 1. The van der Waals surface area contributed by atoms with E-state index in [1.54, 1.807) is 0 Å². The van der Waals surface area contributed by atoms with E-state index in [-0.39, 0.29) is 11.9 Å². The Morgan fingerprint density at radius 2 is 2.12 bits per heavy atom. The maximum absolute atomic E-state index is 10.9. The van der Waals surface area contributed by atoms with Crippen molar-refractivity contribution in [2.45, 2.75) is 25.0 Å². The Labute approximate surface area is 97.3 Å². The van der Waals surface area contributed by atoms with E-state index < -0.39 is 12.1 Å². The van der Waals surface area contributed by atoms with Gasteiger partial charge in [-0.1, -0.05) is 12.1 Å². The number of hydrogen-bond donors (Lipinski definition) is 2. The molecule has 1 aliphatic carbocycles. The highest BCUT2D eigenvalue weighted by atomic mass is 16.4. The van der Waals surface area contributed by atoms with E-state index in [0.717, 1.165) is 23.9 Å². The summed E-state index contributed by atoms with van der Waals surface area (Å²) in [5.41, 5.74) is 1.63. The molecule has 17 heavy (non-hydrogen) atoms. The minimum absolute atomic E-state index is 0.237. The van der Waals surface area contributed by atoms with Gasteiger partial charge in [0.2, 0.25) is 6.10 Å². The predicted octanol–water partition coefficient (Wildman–Crippen LogP) is 1.49. The van der Waals surface area contributed by atoms with Gasteiger partial charge in [0, 0.05) is 6.04 Å². The van der Waals surface area contributed by atoms with Crippen molar-refractivity contribution >= 4 is 17.0 Å². The third-order valence-electron chi connectivity index (χ3n) is 3.01. The molecule has 1 aliphatic rings. The minimum atomic E-state index is -1.55. The van der Waals surface area contributed by atoms with Gasteiger partial charge in [-0.25, -0.2) is 9.78 Å². The molecule has 0 amide bonds. The minimum Gasteiger partial charge on any atom is -0.479 e. The summed E-state index contributed by atoms with van der Waals surface area (Å²) < 4.78 is 1.86. The van der Waals surface area contributed by atoms with Crippen molar-refractivity contribution < 1.29 is 15.0 Å². The lowest BCUT2D eigenvalue weighted by Gasteiger charge is -2.09. The Kier molecular flexibility index (Phi) is 2.16. The van der Waals surface area contributed by atoms with Crippen LogP contribution < -0.4 is 0 Å². The number of carboxylic acids is 1. The fraction of sp³-hybridized carbons (Fsp3) is 0.333. The molecule has 2 N–H and O–H groups in total. The van der Waals surface area contributed by atoms with Gasteiger partial charge in [-0.15, -0.1) is 0 Å². The van der Waals surface area contributed by atoms with Crippen LogP contribution in [0.15, 0.2) is 24.3 Å². The number of hydrogen-bond acceptors (Lipinski definition) is 3. The molecule has 0 spiro atoms. The van der Waals surface area contributed by atoms with Crippen molar-refractivity contribution in [2.75, 3.05) is 0 Å². The lowest BCUT2D eigenvalue weighted by atomic mass is 10.3. The maximum Gasteiger partial charge on any atom is 0.340 e. The first kappa shape index (κ1) is 10.3. The van der Waals surface area contributed by atoms with Gasteiger partial charge in [-0.3, -0.25) is 0 Å². The number of aromatic nitrogens is 2. The van der Waals surface area contributed by atoms with Crippen LogP contribution in [0.25, 0.3) is 11.0 Å². The van der Waals surface area contributed by atoms with Gasteiger partial charge < -0.3 is 14.8 Å². The average Bonchev–Trinajstić information content (AvgIpc) is 3.08. The van der Waals surface area contributed by atoms with E-state index in [0.29, 0.717) is 0 Å². The molecule has 1 aromatic heterocycles. The Morgan fingerprint density at radius 3 is 2.76 bits per heavy atom.